The molecule has 1 fully saturated rings. The minimum atomic E-state index is -0.644. The number of pyridine rings is 1. The van der Waals surface area contributed by atoms with Crippen LogP contribution in [-0.4, -0.2) is 57.8 Å². The maximum Gasteiger partial charge on any atom is 0.410 e. The van der Waals surface area contributed by atoms with Gasteiger partial charge in [-0.25, -0.2) is 24.1 Å². The largest absolute Gasteiger partial charge is 0.497 e. The number of aromatic nitrogens is 3. The highest BCUT2D eigenvalue weighted by molar-refractivity contribution is 6.31. The summed E-state index contributed by atoms with van der Waals surface area (Å²) in [5.41, 5.74) is 0.453. The van der Waals surface area contributed by atoms with Crippen LogP contribution in [0.3, 0.4) is 0 Å². The molecule has 9 nitrogen and oxygen atoms in total. The van der Waals surface area contributed by atoms with E-state index in [1.165, 1.54) is 25.6 Å². The second-order valence-electron chi connectivity index (χ2n) is 8.79. The summed E-state index contributed by atoms with van der Waals surface area (Å²) in [5, 5.41) is 2.83. The average Bonchev–Trinajstić information content (AvgIpc) is 3.24. The van der Waals surface area contributed by atoms with E-state index in [2.05, 4.69) is 20.3 Å². The van der Waals surface area contributed by atoms with Crippen LogP contribution in [0.2, 0.25) is 5.02 Å². The average molecular weight is 490 g/mol. The van der Waals surface area contributed by atoms with Gasteiger partial charge in [-0.3, -0.25) is 0 Å². The van der Waals surface area contributed by atoms with Crippen molar-refractivity contribution in [2.75, 3.05) is 25.5 Å². The third-order valence-corrected chi connectivity index (χ3v) is 5.31. The number of fused-ring (bicyclic) bond motifs is 1. The molecule has 2 aromatic heterocycles. The molecule has 0 bridgehead atoms. The van der Waals surface area contributed by atoms with Crippen LogP contribution < -0.4 is 14.8 Å². The third-order valence-electron chi connectivity index (χ3n) is 5.03. The standard InChI is InChI=1S/C23H25ClFN5O4/c1-23(2,3)34-22(31)30-8-7-13(11-30)33-18-6-5-16-20(29-18)21(27-12-26-16)28-17-10-14(32-4)9-15(24)19(17)25/h5-6,9-10,12-13H,7-8,11H2,1-4H3,(H,26,27,28)/t13-/m0/s1. The number of nitrogens with one attached hydrogen (secondary N) is 1. The Morgan fingerprint density at radius 2 is 2.06 bits per heavy atom. The molecule has 3 aromatic rings. The van der Waals surface area contributed by atoms with Crippen LogP contribution in [0.4, 0.5) is 20.7 Å². The number of amides is 1. The summed E-state index contributed by atoms with van der Waals surface area (Å²) in [7, 11) is 1.46. The number of likely N-dealkylation sites (tertiary alicyclic amines) is 1. The van der Waals surface area contributed by atoms with Crippen LogP contribution in [0.1, 0.15) is 27.2 Å². The van der Waals surface area contributed by atoms with Crippen LogP contribution >= 0.6 is 11.6 Å². The molecule has 3 heterocycles. The SMILES string of the molecule is COc1cc(Cl)c(F)c(Nc2ncnc3ccc(O[C@H]4CCN(C(=O)OC(C)(C)C)C4)nc23)c1. The molecule has 1 amide bonds. The maximum atomic E-state index is 14.6. The summed E-state index contributed by atoms with van der Waals surface area (Å²) in [6, 6.07) is 6.28. The highest BCUT2D eigenvalue weighted by Gasteiger charge is 2.31. The van der Waals surface area contributed by atoms with Crippen LogP contribution in [-0.2, 0) is 4.74 Å². The molecule has 0 aliphatic carbocycles. The van der Waals surface area contributed by atoms with Crippen molar-refractivity contribution in [3.8, 4) is 11.6 Å². The summed E-state index contributed by atoms with van der Waals surface area (Å²) >= 11 is 5.97. The smallest absolute Gasteiger partial charge is 0.410 e. The van der Waals surface area contributed by atoms with E-state index < -0.39 is 11.4 Å². The number of anilines is 2. The summed E-state index contributed by atoms with van der Waals surface area (Å²) in [4.78, 5) is 26.9. The molecule has 4 rings (SSSR count). The predicted molar refractivity (Wildman–Crippen MR) is 125 cm³/mol. The molecular weight excluding hydrogens is 465 g/mol. The first-order valence-electron chi connectivity index (χ1n) is 10.7. The molecule has 1 saturated heterocycles. The van der Waals surface area contributed by atoms with Gasteiger partial charge in [0.1, 0.15) is 29.3 Å². The van der Waals surface area contributed by atoms with Gasteiger partial charge in [0.25, 0.3) is 0 Å². The van der Waals surface area contributed by atoms with Crippen molar-refractivity contribution >= 4 is 40.2 Å². The Morgan fingerprint density at radius 1 is 1.26 bits per heavy atom. The predicted octanol–water partition coefficient (Wildman–Crippen LogP) is 4.96. The quantitative estimate of drug-likeness (QED) is 0.537. The Balaban J connectivity index is 1.53. The number of carbonyl (C=O) groups is 1. The first-order valence-corrected chi connectivity index (χ1v) is 11.1. The van der Waals surface area contributed by atoms with Gasteiger partial charge >= 0.3 is 6.09 Å². The van der Waals surface area contributed by atoms with Gasteiger partial charge in [-0.15, -0.1) is 0 Å². The van der Waals surface area contributed by atoms with Crippen molar-refractivity contribution in [2.24, 2.45) is 0 Å². The molecule has 1 N–H and O–H groups in total. The highest BCUT2D eigenvalue weighted by Crippen LogP contribution is 2.32. The molecular formula is C23H25ClFN5O4. The zero-order chi connectivity index (χ0) is 24.5. The van der Waals surface area contributed by atoms with Gasteiger partial charge in [-0.05, 0) is 26.8 Å². The van der Waals surface area contributed by atoms with Crippen molar-refractivity contribution in [1.82, 2.24) is 19.9 Å². The second kappa shape index (κ2) is 9.46. The van der Waals surface area contributed by atoms with E-state index in [4.69, 9.17) is 25.8 Å². The molecule has 0 radical (unpaired) electrons. The van der Waals surface area contributed by atoms with Crippen LogP contribution in [0, 0.1) is 5.82 Å². The van der Waals surface area contributed by atoms with Crippen LogP contribution in [0.25, 0.3) is 11.0 Å². The Hall–Kier alpha value is -3.40. The number of methoxy groups -OCH3 is 1. The minimum Gasteiger partial charge on any atom is -0.497 e. The number of benzene rings is 1. The molecule has 1 atom stereocenters. The van der Waals surface area contributed by atoms with Gasteiger partial charge in [-0.2, -0.15) is 0 Å². The van der Waals surface area contributed by atoms with Crippen LogP contribution in [0.15, 0.2) is 30.6 Å². The molecule has 1 aromatic carbocycles. The van der Waals surface area contributed by atoms with E-state index in [0.717, 1.165) is 0 Å². The van der Waals surface area contributed by atoms with Crippen molar-refractivity contribution < 1.29 is 23.4 Å². The molecule has 0 unspecified atom stereocenters. The Labute approximate surface area is 201 Å². The van der Waals surface area contributed by atoms with Crippen molar-refractivity contribution in [3.05, 3.63) is 41.4 Å². The topological polar surface area (TPSA) is 98.7 Å². The molecule has 34 heavy (non-hydrogen) atoms. The Kier molecular flexibility index (Phi) is 6.60. The fraction of sp³-hybridized carbons (Fsp3) is 0.391. The van der Waals surface area contributed by atoms with Gasteiger partial charge in [0.15, 0.2) is 11.6 Å². The van der Waals surface area contributed by atoms with Gasteiger partial charge in [-0.1, -0.05) is 11.6 Å². The number of ether oxygens (including phenoxy) is 3. The summed E-state index contributed by atoms with van der Waals surface area (Å²) < 4.78 is 31.2. The maximum absolute atomic E-state index is 14.6. The van der Waals surface area contributed by atoms with Gasteiger partial charge in [0, 0.05) is 31.2 Å². The number of hydrogen-bond donors (Lipinski definition) is 1. The van der Waals surface area contributed by atoms with E-state index in [-0.39, 0.29) is 28.7 Å². The first kappa shape index (κ1) is 23.7. The minimum absolute atomic E-state index is 0.0845. The number of nitrogens with zero attached hydrogens (tertiary/aromatic N) is 4. The number of hydrogen-bond acceptors (Lipinski definition) is 8. The lowest BCUT2D eigenvalue weighted by atomic mass is 10.2. The highest BCUT2D eigenvalue weighted by atomic mass is 35.5. The van der Waals surface area contributed by atoms with Gasteiger partial charge in [0.2, 0.25) is 5.88 Å². The van der Waals surface area contributed by atoms with Gasteiger partial charge < -0.3 is 24.4 Å². The summed E-state index contributed by atoms with van der Waals surface area (Å²) in [6.45, 7) is 6.39. The van der Waals surface area contributed by atoms with Crippen molar-refractivity contribution in [3.63, 3.8) is 0 Å². The fourth-order valence-electron chi connectivity index (χ4n) is 3.47. The Morgan fingerprint density at radius 3 is 2.79 bits per heavy atom. The van der Waals surface area contributed by atoms with Crippen LogP contribution in [0.5, 0.6) is 11.6 Å². The molecule has 0 spiro atoms. The normalized spacial score (nSPS) is 15.9. The molecule has 180 valence electrons. The number of rotatable bonds is 5. The summed E-state index contributed by atoms with van der Waals surface area (Å²) in [6.07, 6.45) is 1.38. The van der Waals surface area contributed by atoms with E-state index in [1.807, 2.05) is 20.8 Å². The van der Waals surface area contributed by atoms with E-state index in [9.17, 15) is 9.18 Å². The second-order valence-corrected chi connectivity index (χ2v) is 9.20. The first-order chi connectivity index (χ1) is 16.1. The number of carbonyl (C=O) groups excluding carboxylic acids is 1. The molecule has 1 aliphatic rings. The van der Waals surface area contributed by atoms with E-state index >= 15 is 0 Å². The van der Waals surface area contributed by atoms with Crippen molar-refractivity contribution in [1.29, 1.82) is 0 Å². The lowest BCUT2D eigenvalue weighted by Crippen LogP contribution is -2.36. The Bertz CT molecular complexity index is 1220. The van der Waals surface area contributed by atoms with E-state index in [1.54, 1.807) is 17.0 Å². The fourth-order valence-corrected chi connectivity index (χ4v) is 3.68. The van der Waals surface area contributed by atoms with E-state index in [0.29, 0.717) is 42.2 Å². The number of halogens is 2. The monoisotopic (exact) mass is 489 g/mol. The summed E-state index contributed by atoms with van der Waals surface area (Å²) in [5.74, 6) is 0.362. The third kappa shape index (κ3) is 5.39. The lowest BCUT2D eigenvalue weighted by molar-refractivity contribution is 0.0275. The lowest BCUT2D eigenvalue weighted by Gasteiger charge is -2.24. The molecule has 0 saturated carbocycles. The molecule has 11 heteroatoms. The zero-order valence-electron chi connectivity index (χ0n) is 19.3. The van der Waals surface area contributed by atoms with Crippen molar-refractivity contribution in [2.45, 2.75) is 38.9 Å². The van der Waals surface area contributed by atoms with Gasteiger partial charge in [0.05, 0.1) is 29.9 Å². The zero-order valence-corrected chi connectivity index (χ0v) is 20.0. The molecule has 1 aliphatic heterocycles.